The topological polar surface area (TPSA) is 54.0 Å². The van der Waals surface area contributed by atoms with Crippen LogP contribution in [0, 0.1) is 11.2 Å². The number of pyridine rings is 1. The number of rotatable bonds is 4. The van der Waals surface area contributed by atoms with Gasteiger partial charge in [-0.05, 0) is 91.1 Å². The Morgan fingerprint density at radius 3 is 2.63 bits per heavy atom. The summed E-state index contributed by atoms with van der Waals surface area (Å²) in [6, 6.07) is 13.6. The monoisotopic (exact) mass is 425 g/mol. The van der Waals surface area contributed by atoms with Gasteiger partial charge in [0.25, 0.3) is 0 Å². The molecule has 1 saturated carbocycles. The van der Waals surface area contributed by atoms with Crippen LogP contribution in [-0.2, 0) is 0 Å². The lowest BCUT2D eigenvalue weighted by Crippen LogP contribution is -2.39. The van der Waals surface area contributed by atoms with Gasteiger partial charge in [-0.2, -0.15) is 0 Å². The van der Waals surface area contributed by atoms with Gasteiger partial charge in [-0.15, -0.1) is 0 Å². The molecule has 3 aromatic rings. The van der Waals surface area contributed by atoms with Crippen LogP contribution in [0.2, 0.25) is 5.02 Å². The molecule has 0 atom stereocenters. The molecule has 0 bridgehead atoms. The van der Waals surface area contributed by atoms with Crippen LogP contribution in [0.4, 0.5) is 14.9 Å². The summed E-state index contributed by atoms with van der Waals surface area (Å²) in [5.41, 5.74) is 2.77. The number of urea groups is 1. The van der Waals surface area contributed by atoms with Gasteiger partial charge in [-0.25, -0.2) is 9.18 Å². The molecule has 0 aliphatic heterocycles. The Kier molecular flexibility index (Phi) is 5.91. The second-order valence-corrected chi connectivity index (χ2v) is 8.90. The van der Waals surface area contributed by atoms with E-state index in [2.05, 4.69) is 22.5 Å². The molecule has 4 rings (SSSR count). The van der Waals surface area contributed by atoms with Crippen molar-refractivity contribution in [3.05, 3.63) is 71.1 Å². The van der Waals surface area contributed by atoms with Gasteiger partial charge in [-0.3, -0.25) is 4.98 Å². The Morgan fingerprint density at radius 2 is 1.90 bits per heavy atom. The molecule has 2 N–H and O–H groups in total. The second-order valence-electron chi connectivity index (χ2n) is 8.46. The maximum absolute atomic E-state index is 13.8. The molecule has 1 aliphatic carbocycles. The van der Waals surface area contributed by atoms with Crippen molar-refractivity contribution in [2.75, 3.05) is 11.9 Å². The lowest BCUT2D eigenvalue weighted by Gasteiger charge is -2.38. The summed E-state index contributed by atoms with van der Waals surface area (Å²) in [5.74, 6) is 0.154. The zero-order valence-corrected chi connectivity index (χ0v) is 17.7. The standard InChI is InChI=1S/C24H25ClFN3O/c1-24(15-28-23(30)29-19-5-2-17(25)3-6-19)11-8-16(9-12-24)20-10-13-27-22-7-4-18(26)14-21(20)22/h2-7,10,13-14,16H,8-9,11-12,15H2,1H3,(H2,28,29,30). The molecule has 1 fully saturated rings. The van der Waals surface area contributed by atoms with Gasteiger partial charge in [0.15, 0.2) is 0 Å². The van der Waals surface area contributed by atoms with Gasteiger partial charge < -0.3 is 10.6 Å². The first-order valence-corrected chi connectivity index (χ1v) is 10.6. The summed E-state index contributed by atoms with van der Waals surface area (Å²) in [6.45, 7) is 2.83. The summed E-state index contributed by atoms with van der Waals surface area (Å²) >= 11 is 5.87. The van der Waals surface area contributed by atoms with Crippen LogP contribution in [0.1, 0.15) is 44.1 Å². The van der Waals surface area contributed by atoms with E-state index in [0.29, 0.717) is 23.2 Å². The Hall–Kier alpha value is -2.66. The van der Waals surface area contributed by atoms with E-state index in [-0.39, 0.29) is 17.3 Å². The summed E-state index contributed by atoms with van der Waals surface area (Å²) in [7, 11) is 0. The fourth-order valence-corrected chi connectivity index (χ4v) is 4.43. The molecule has 2 amide bonds. The van der Waals surface area contributed by atoms with E-state index in [0.717, 1.165) is 36.6 Å². The molecule has 30 heavy (non-hydrogen) atoms. The molecule has 0 spiro atoms. The molecule has 1 aliphatic rings. The van der Waals surface area contributed by atoms with Crippen LogP contribution in [0.5, 0.6) is 0 Å². The lowest BCUT2D eigenvalue weighted by molar-refractivity contribution is 0.191. The van der Waals surface area contributed by atoms with Crippen molar-refractivity contribution in [3.63, 3.8) is 0 Å². The van der Waals surface area contributed by atoms with Gasteiger partial charge in [0.2, 0.25) is 0 Å². The molecule has 0 unspecified atom stereocenters. The number of benzene rings is 2. The number of carbonyl (C=O) groups is 1. The van der Waals surface area contributed by atoms with Crippen molar-refractivity contribution in [1.29, 1.82) is 0 Å². The second kappa shape index (κ2) is 8.60. The van der Waals surface area contributed by atoms with Crippen LogP contribution in [0.25, 0.3) is 10.9 Å². The lowest BCUT2D eigenvalue weighted by atomic mass is 9.69. The van der Waals surface area contributed by atoms with Crippen LogP contribution in [0.3, 0.4) is 0 Å². The van der Waals surface area contributed by atoms with Crippen molar-refractivity contribution in [2.45, 2.75) is 38.5 Å². The smallest absolute Gasteiger partial charge is 0.319 e. The number of amides is 2. The fraction of sp³-hybridized carbons (Fsp3) is 0.333. The van der Waals surface area contributed by atoms with E-state index in [1.807, 2.05) is 12.3 Å². The molecule has 0 radical (unpaired) electrons. The number of carbonyl (C=O) groups excluding carboxylic acids is 1. The Labute approximate surface area is 180 Å². The minimum Gasteiger partial charge on any atom is -0.337 e. The summed E-state index contributed by atoms with van der Waals surface area (Å²) < 4.78 is 13.8. The predicted octanol–water partition coefficient (Wildman–Crippen LogP) is 6.51. The molecule has 1 aromatic heterocycles. The first kappa shape index (κ1) is 20.6. The summed E-state index contributed by atoms with van der Waals surface area (Å²) in [4.78, 5) is 16.6. The van der Waals surface area contributed by atoms with Gasteiger partial charge in [-0.1, -0.05) is 18.5 Å². The maximum Gasteiger partial charge on any atom is 0.319 e. The first-order chi connectivity index (χ1) is 14.4. The van der Waals surface area contributed by atoms with E-state index < -0.39 is 0 Å². The molecule has 4 nitrogen and oxygen atoms in total. The molecule has 156 valence electrons. The minimum absolute atomic E-state index is 0.0436. The Balaban J connectivity index is 1.35. The molecule has 2 aromatic carbocycles. The highest BCUT2D eigenvalue weighted by atomic mass is 35.5. The highest BCUT2D eigenvalue weighted by molar-refractivity contribution is 6.30. The van der Waals surface area contributed by atoms with Crippen LogP contribution in [-0.4, -0.2) is 17.6 Å². The number of aromatic nitrogens is 1. The van der Waals surface area contributed by atoms with E-state index >= 15 is 0 Å². The quantitative estimate of drug-likeness (QED) is 0.500. The number of halogens is 2. The molecular weight excluding hydrogens is 401 g/mol. The van der Waals surface area contributed by atoms with Gasteiger partial charge in [0.05, 0.1) is 5.52 Å². The number of anilines is 1. The third-order valence-corrected chi connectivity index (χ3v) is 6.40. The van der Waals surface area contributed by atoms with E-state index in [4.69, 9.17) is 11.6 Å². The zero-order valence-electron chi connectivity index (χ0n) is 16.9. The van der Waals surface area contributed by atoms with Crippen LogP contribution in [0.15, 0.2) is 54.7 Å². The van der Waals surface area contributed by atoms with Crippen molar-refractivity contribution < 1.29 is 9.18 Å². The van der Waals surface area contributed by atoms with Gasteiger partial charge in [0.1, 0.15) is 5.82 Å². The van der Waals surface area contributed by atoms with Gasteiger partial charge >= 0.3 is 6.03 Å². The third-order valence-electron chi connectivity index (χ3n) is 6.15. The number of hydrogen-bond acceptors (Lipinski definition) is 2. The summed E-state index contributed by atoms with van der Waals surface area (Å²) in [6.07, 6.45) is 5.82. The van der Waals surface area contributed by atoms with E-state index in [1.54, 1.807) is 36.4 Å². The Morgan fingerprint density at radius 1 is 1.17 bits per heavy atom. The minimum atomic E-state index is -0.228. The number of hydrogen-bond donors (Lipinski definition) is 2. The zero-order chi connectivity index (χ0) is 21.1. The number of nitrogens with one attached hydrogen (secondary N) is 2. The highest BCUT2D eigenvalue weighted by Crippen LogP contribution is 2.43. The first-order valence-electron chi connectivity index (χ1n) is 10.3. The number of nitrogens with zero attached hydrogens (tertiary/aromatic N) is 1. The average Bonchev–Trinajstić information content (AvgIpc) is 2.74. The van der Waals surface area contributed by atoms with Crippen molar-refractivity contribution in [2.24, 2.45) is 5.41 Å². The largest absolute Gasteiger partial charge is 0.337 e. The van der Waals surface area contributed by atoms with Gasteiger partial charge in [0, 0.05) is 28.8 Å². The van der Waals surface area contributed by atoms with Crippen LogP contribution < -0.4 is 10.6 Å². The molecular formula is C24H25ClFN3O. The van der Waals surface area contributed by atoms with Crippen molar-refractivity contribution >= 4 is 34.2 Å². The maximum atomic E-state index is 13.8. The normalized spacial score (nSPS) is 21.4. The predicted molar refractivity (Wildman–Crippen MR) is 119 cm³/mol. The number of fused-ring (bicyclic) bond motifs is 1. The summed E-state index contributed by atoms with van der Waals surface area (Å²) in [5, 5.41) is 7.38. The highest BCUT2D eigenvalue weighted by Gasteiger charge is 2.32. The van der Waals surface area contributed by atoms with Crippen molar-refractivity contribution in [1.82, 2.24) is 10.3 Å². The molecule has 6 heteroatoms. The SMILES string of the molecule is CC1(CNC(=O)Nc2ccc(Cl)cc2)CCC(c2ccnc3ccc(F)cc23)CC1. The average molecular weight is 426 g/mol. The van der Waals surface area contributed by atoms with Crippen LogP contribution >= 0.6 is 11.6 Å². The Bertz CT molecular complexity index is 1050. The van der Waals surface area contributed by atoms with Crippen molar-refractivity contribution in [3.8, 4) is 0 Å². The van der Waals surface area contributed by atoms with E-state index in [1.165, 1.54) is 11.6 Å². The third kappa shape index (κ3) is 4.73. The van der Waals surface area contributed by atoms with E-state index in [9.17, 15) is 9.18 Å². The fourth-order valence-electron chi connectivity index (χ4n) is 4.30. The molecule has 0 saturated heterocycles. The molecule has 1 heterocycles.